The largest absolute Gasteiger partial charge is 0.395 e. The van der Waals surface area contributed by atoms with E-state index < -0.39 is 0 Å². The van der Waals surface area contributed by atoms with E-state index in [1.807, 2.05) is 53.4 Å². The van der Waals surface area contributed by atoms with Crippen molar-refractivity contribution in [2.75, 3.05) is 38.1 Å². The fourth-order valence-electron chi connectivity index (χ4n) is 3.22. The molecule has 2 heterocycles. The van der Waals surface area contributed by atoms with E-state index in [0.717, 1.165) is 43.9 Å². The Hall–Kier alpha value is -2.31. The smallest absolute Gasteiger partial charge is 0.319 e. The van der Waals surface area contributed by atoms with Crippen molar-refractivity contribution in [2.45, 2.75) is 12.8 Å². The molecule has 134 valence electrons. The molecule has 3 rings (SSSR count). The van der Waals surface area contributed by atoms with Gasteiger partial charge in [0.15, 0.2) is 0 Å². The Balaban J connectivity index is 1.45. The first-order chi connectivity index (χ1) is 12.2. The molecule has 1 saturated heterocycles. The molecule has 6 nitrogen and oxygen atoms in total. The number of likely N-dealkylation sites (tertiary alicyclic amines) is 1. The van der Waals surface area contributed by atoms with E-state index >= 15 is 0 Å². The number of β-amino-alcohol motifs (C(OH)–C–C–N with tert-alkyl or cyclic N) is 1. The number of hydrogen-bond donors (Lipinski definition) is 3. The van der Waals surface area contributed by atoms with Crippen molar-refractivity contribution in [3.05, 3.63) is 48.8 Å². The normalized spacial score (nSPS) is 15.9. The number of aromatic nitrogens is 1. The lowest BCUT2D eigenvalue weighted by Crippen LogP contribution is -2.40. The van der Waals surface area contributed by atoms with Crippen LogP contribution in [0.25, 0.3) is 5.69 Å². The highest BCUT2D eigenvalue weighted by Crippen LogP contribution is 2.17. The first kappa shape index (κ1) is 17.5. The maximum atomic E-state index is 12.1. The number of hydrogen-bond acceptors (Lipinski definition) is 3. The lowest BCUT2D eigenvalue weighted by Gasteiger charge is -2.31. The number of amides is 2. The Bertz CT molecular complexity index is 664. The Kier molecular flexibility index (Phi) is 6.09. The lowest BCUT2D eigenvalue weighted by atomic mass is 9.97. The van der Waals surface area contributed by atoms with Gasteiger partial charge >= 0.3 is 6.03 Å². The maximum absolute atomic E-state index is 12.1. The molecule has 3 N–H and O–H groups in total. The summed E-state index contributed by atoms with van der Waals surface area (Å²) >= 11 is 0. The Labute approximate surface area is 148 Å². The average Bonchev–Trinajstić information content (AvgIpc) is 3.16. The van der Waals surface area contributed by atoms with Crippen molar-refractivity contribution in [1.82, 2.24) is 14.8 Å². The zero-order valence-corrected chi connectivity index (χ0v) is 14.4. The van der Waals surface area contributed by atoms with E-state index in [1.165, 1.54) is 0 Å². The molecular formula is C19H26N4O2. The molecule has 0 saturated carbocycles. The topological polar surface area (TPSA) is 69.5 Å². The number of carbonyl (C=O) groups is 1. The Morgan fingerprint density at radius 3 is 2.64 bits per heavy atom. The van der Waals surface area contributed by atoms with Crippen LogP contribution in [0.4, 0.5) is 10.5 Å². The van der Waals surface area contributed by atoms with E-state index in [2.05, 4.69) is 15.5 Å². The van der Waals surface area contributed by atoms with Gasteiger partial charge in [-0.05, 0) is 62.2 Å². The summed E-state index contributed by atoms with van der Waals surface area (Å²) in [5, 5.41) is 14.9. The summed E-state index contributed by atoms with van der Waals surface area (Å²) < 4.78 is 2.00. The van der Waals surface area contributed by atoms with Gasteiger partial charge in [0.05, 0.1) is 6.61 Å². The summed E-state index contributed by atoms with van der Waals surface area (Å²) in [6.07, 6.45) is 6.07. The van der Waals surface area contributed by atoms with Gasteiger partial charge in [0.2, 0.25) is 0 Å². The summed E-state index contributed by atoms with van der Waals surface area (Å²) in [5.74, 6) is 0.506. The van der Waals surface area contributed by atoms with Gasteiger partial charge in [0, 0.05) is 36.9 Å². The SMILES string of the molecule is O=C(NCC1CCN(CCO)CC1)Nc1cccc(-n2cccc2)c1. The molecule has 0 aliphatic carbocycles. The highest BCUT2D eigenvalue weighted by molar-refractivity contribution is 5.89. The third-order valence-corrected chi connectivity index (χ3v) is 4.68. The van der Waals surface area contributed by atoms with Crippen molar-refractivity contribution >= 4 is 11.7 Å². The van der Waals surface area contributed by atoms with Crippen LogP contribution in [0.5, 0.6) is 0 Å². The molecular weight excluding hydrogens is 316 g/mol. The Morgan fingerprint density at radius 2 is 1.92 bits per heavy atom. The summed E-state index contributed by atoms with van der Waals surface area (Å²) in [6.45, 7) is 3.64. The fraction of sp³-hybridized carbons (Fsp3) is 0.421. The molecule has 1 fully saturated rings. The molecule has 25 heavy (non-hydrogen) atoms. The molecule has 2 amide bonds. The van der Waals surface area contributed by atoms with Crippen LogP contribution in [-0.4, -0.2) is 53.4 Å². The van der Waals surface area contributed by atoms with Crippen LogP contribution in [0.2, 0.25) is 0 Å². The number of aliphatic hydroxyl groups excluding tert-OH is 1. The quantitative estimate of drug-likeness (QED) is 0.754. The first-order valence-corrected chi connectivity index (χ1v) is 8.86. The van der Waals surface area contributed by atoms with Crippen molar-refractivity contribution in [3.63, 3.8) is 0 Å². The van der Waals surface area contributed by atoms with Gasteiger partial charge in [-0.2, -0.15) is 0 Å². The second kappa shape index (κ2) is 8.69. The van der Waals surface area contributed by atoms with Gasteiger partial charge < -0.3 is 25.2 Å². The summed E-state index contributed by atoms with van der Waals surface area (Å²) in [6, 6.07) is 11.6. The minimum absolute atomic E-state index is 0.164. The van der Waals surface area contributed by atoms with E-state index in [4.69, 9.17) is 5.11 Å². The molecule has 0 unspecified atom stereocenters. The van der Waals surface area contributed by atoms with Crippen LogP contribution in [-0.2, 0) is 0 Å². The van der Waals surface area contributed by atoms with Gasteiger partial charge in [-0.15, -0.1) is 0 Å². The zero-order valence-electron chi connectivity index (χ0n) is 14.4. The molecule has 0 radical (unpaired) electrons. The number of benzene rings is 1. The van der Waals surface area contributed by atoms with Crippen molar-refractivity contribution < 1.29 is 9.90 Å². The highest BCUT2D eigenvalue weighted by atomic mass is 16.3. The predicted octanol–water partition coefficient (Wildman–Crippen LogP) is 2.30. The van der Waals surface area contributed by atoms with Gasteiger partial charge in [-0.25, -0.2) is 4.79 Å². The van der Waals surface area contributed by atoms with Crippen LogP contribution in [0.15, 0.2) is 48.8 Å². The highest BCUT2D eigenvalue weighted by Gasteiger charge is 2.19. The third-order valence-electron chi connectivity index (χ3n) is 4.68. The standard InChI is InChI=1S/C19H26N4O2/c24-13-12-22-10-6-16(7-11-22)15-20-19(25)21-17-4-3-5-18(14-17)23-8-1-2-9-23/h1-5,8-9,14,16,24H,6-7,10-13,15H2,(H2,20,21,25). The monoisotopic (exact) mass is 342 g/mol. The Morgan fingerprint density at radius 1 is 1.16 bits per heavy atom. The van der Waals surface area contributed by atoms with Crippen LogP contribution < -0.4 is 10.6 Å². The first-order valence-electron chi connectivity index (χ1n) is 8.86. The molecule has 1 aliphatic heterocycles. The number of nitrogens with zero attached hydrogens (tertiary/aromatic N) is 2. The number of carbonyl (C=O) groups excluding carboxylic acids is 1. The van der Waals surface area contributed by atoms with Gasteiger partial charge in [-0.1, -0.05) is 6.07 Å². The second-order valence-corrected chi connectivity index (χ2v) is 6.48. The number of piperidine rings is 1. The molecule has 1 aliphatic rings. The van der Waals surface area contributed by atoms with Crippen molar-refractivity contribution in [3.8, 4) is 5.69 Å². The van der Waals surface area contributed by atoms with E-state index in [1.54, 1.807) is 0 Å². The van der Waals surface area contributed by atoms with Gasteiger partial charge in [0.1, 0.15) is 0 Å². The van der Waals surface area contributed by atoms with Gasteiger partial charge in [0.25, 0.3) is 0 Å². The molecule has 1 aromatic carbocycles. The fourth-order valence-corrected chi connectivity index (χ4v) is 3.22. The molecule has 1 aromatic heterocycles. The summed E-state index contributed by atoms with van der Waals surface area (Å²) in [7, 11) is 0. The molecule has 0 spiro atoms. The van der Waals surface area contributed by atoms with Crippen molar-refractivity contribution in [2.24, 2.45) is 5.92 Å². The number of urea groups is 1. The summed E-state index contributed by atoms with van der Waals surface area (Å²) in [5.41, 5.74) is 1.79. The summed E-state index contributed by atoms with van der Waals surface area (Å²) in [4.78, 5) is 14.4. The number of aliphatic hydroxyl groups is 1. The molecule has 2 aromatic rings. The third kappa shape index (κ3) is 5.08. The molecule has 6 heteroatoms. The van der Waals surface area contributed by atoms with Crippen molar-refractivity contribution in [1.29, 1.82) is 0 Å². The van der Waals surface area contributed by atoms with E-state index in [0.29, 0.717) is 12.5 Å². The minimum Gasteiger partial charge on any atom is -0.395 e. The van der Waals surface area contributed by atoms with Crippen LogP contribution in [0, 0.1) is 5.92 Å². The lowest BCUT2D eigenvalue weighted by molar-refractivity contribution is 0.147. The maximum Gasteiger partial charge on any atom is 0.319 e. The number of nitrogens with one attached hydrogen (secondary N) is 2. The average molecular weight is 342 g/mol. The minimum atomic E-state index is -0.164. The predicted molar refractivity (Wildman–Crippen MR) is 99.0 cm³/mol. The second-order valence-electron chi connectivity index (χ2n) is 6.48. The van der Waals surface area contributed by atoms with E-state index in [-0.39, 0.29) is 12.6 Å². The van der Waals surface area contributed by atoms with Crippen LogP contribution in [0.3, 0.4) is 0 Å². The van der Waals surface area contributed by atoms with Gasteiger partial charge in [-0.3, -0.25) is 0 Å². The van der Waals surface area contributed by atoms with Crippen LogP contribution >= 0.6 is 0 Å². The zero-order chi connectivity index (χ0) is 17.5. The van der Waals surface area contributed by atoms with E-state index in [9.17, 15) is 4.79 Å². The molecule has 0 bridgehead atoms. The van der Waals surface area contributed by atoms with Crippen LogP contribution in [0.1, 0.15) is 12.8 Å². The number of rotatable bonds is 6. The molecule has 0 atom stereocenters. The number of anilines is 1.